The lowest BCUT2D eigenvalue weighted by atomic mass is 10.2. The van der Waals surface area contributed by atoms with Crippen LogP contribution in [0.25, 0.3) is 17.1 Å². The highest BCUT2D eigenvalue weighted by Crippen LogP contribution is 2.29. The Labute approximate surface area is 190 Å². The van der Waals surface area contributed by atoms with Crippen molar-refractivity contribution < 1.29 is 9.18 Å². The summed E-state index contributed by atoms with van der Waals surface area (Å²) < 4.78 is 15.1. The van der Waals surface area contributed by atoms with E-state index in [1.165, 1.54) is 23.9 Å². The molecule has 6 nitrogen and oxygen atoms in total. The topological polar surface area (TPSA) is 63.9 Å². The molecule has 0 fully saturated rings. The van der Waals surface area contributed by atoms with Crippen molar-refractivity contribution in [2.24, 2.45) is 0 Å². The molecular weight excluding hydrogens is 425 g/mol. The van der Waals surface area contributed by atoms with Crippen LogP contribution >= 0.6 is 11.8 Å². The highest BCUT2D eigenvalue weighted by molar-refractivity contribution is 7.99. The van der Waals surface area contributed by atoms with Gasteiger partial charge in [-0.05, 0) is 48.4 Å². The number of aryl methyl sites for hydroxylation is 1. The molecule has 0 bridgehead atoms. The summed E-state index contributed by atoms with van der Waals surface area (Å²) in [5, 5.41) is 9.42. The molecule has 0 aliphatic rings. The van der Waals surface area contributed by atoms with Gasteiger partial charge in [-0.2, -0.15) is 0 Å². The van der Waals surface area contributed by atoms with Crippen LogP contribution in [0.15, 0.2) is 78.2 Å². The fourth-order valence-corrected chi connectivity index (χ4v) is 4.16. The van der Waals surface area contributed by atoms with Gasteiger partial charge in [0.15, 0.2) is 11.0 Å². The van der Waals surface area contributed by atoms with E-state index in [0.717, 1.165) is 22.4 Å². The number of thioether (sulfide) groups is 1. The van der Waals surface area contributed by atoms with Crippen molar-refractivity contribution in [3.05, 3.63) is 90.0 Å². The maximum atomic E-state index is 13.1. The van der Waals surface area contributed by atoms with E-state index >= 15 is 0 Å². The molecule has 0 radical (unpaired) electrons. The summed E-state index contributed by atoms with van der Waals surface area (Å²) >= 11 is 1.34. The number of nitrogens with zero attached hydrogens (tertiary/aromatic N) is 5. The molecular formula is C24H22FN5OS. The Morgan fingerprint density at radius 2 is 1.75 bits per heavy atom. The number of carbonyl (C=O) groups excluding carboxylic acids is 1. The summed E-state index contributed by atoms with van der Waals surface area (Å²) in [6.45, 7) is 2.44. The van der Waals surface area contributed by atoms with Gasteiger partial charge >= 0.3 is 0 Å². The lowest BCUT2D eigenvalue weighted by Crippen LogP contribution is -2.27. The van der Waals surface area contributed by atoms with Crippen molar-refractivity contribution >= 4 is 17.7 Å². The third-order valence-electron chi connectivity index (χ3n) is 5.01. The van der Waals surface area contributed by atoms with Crippen molar-refractivity contribution in [3.8, 4) is 17.1 Å². The van der Waals surface area contributed by atoms with Gasteiger partial charge in [0.2, 0.25) is 5.91 Å². The molecule has 0 aliphatic heterocycles. The number of aromatic nitrogens is 4. The molecule has 8 heteroatoms. The van der Waals surface area contributed by atoms with Crippen LogP contribution in [0.5, 0.6) is 0 Å². The van der Waals surface area contributed by atoms with E-state index in [2.05, 4.69) is 15.2 Å². The Kier molecular flexibility index (Phi) is 6.61. The van der Waals surface area contributed by atoms with E-state index in [9.17, 15) is 9.18 Å². The molecule has 4 rings (SSSR count). The minimum absolute atomic E-state index is 0.0517. The maximum Gasteiger partial charge on any atom is 0.233 e. The number of halogens is 1. The average molecular weight is 448 g/mol. The molecule has 0 atom stereocenters. The van der Waals surface area contributed by atoms with E-state index in [1.807, 2.05) is 47.9 Å². The predicted octanol–water partition coefficient (Wildman–Crippen LogP) is 4.53. The third-order valence-corrected chi connectivity index (χ3v) is 5.93. The first kappa shape index (κ1) is 21.7. The molecule has 162 valence electrons. The molecule has 2 aromatic heterocycles. The molecule has 2 aromatic carbocycles. The number of benzene rings is 2. The number of hydrogen-bond donors (Lipinski definition) is 0. The van der Waals surface area contributed by atoms with Gasteiger partial charge in [0.25, 0.3) is 0 Å². The van der Waals surface area contributed by atoms with Gasteiger partial charge in [0.05, 0.1) is 11.4 Å². The second kappa shape index (κ2) is 9.74. The maximum absolute atomic E-state index is 13.1. The molecule has 0 saturated heterocycles. The number of rotatable bonds is 7. The Morgan fingerprint density at radius 1 is 1.03 bits per heavy atom. The minimum atomic E-state index is -0.293. The van der Waals surface area contributed by atoms with E-state index in [1.54, 1.807) is 36.5 Å². The van der Waals surface area contributed by atoms with Gasteiger partial charge in [-0.25, -0.2) is 4.39 Å². The summed E-state index contributed by atoms with van der Waals surface area (Å²) in [5.41, 5.74) is 3.79. The first-order chi connectivity index (χ1) is 15.5. The van der Waals surface area contributed by atoms with Crippen molar-refractivity contribution in [1.29, 1.82) is 0 Å². The molecule has 1 amide bonds. The van der Waals surface area contributed by atoms with Crippen molar-refractivity contribution in [1.82, 2.24) is 24.6 Å². The molecule has 0 aliphatic carbocycles. The minimum Gasteiger partial charge on any atom is -0.341 e. The standard InChI is InChI=1S/C24H22FN5OS/c1-17-5-3-4-6-21(17)30-23(19-11-13-26-14-12-19)27-28-24(30)32-16-22(31)29(2)15-18-7-9-20(25)10-8-18/h3-14H,15-16H2,1-2H3. The molecule has 0 N–H and O–H groups in total. The Bertz CT molecular complexity index is 1210. The first-order valence-electron chi connectivity index (χ1n) is 10.1. The number of carbonyl (C=O) groups is 1. The summed E-state index contributed by atoms with van der Waals surface area (Å²) in [4.78, 5) is 18.5. The molecule has 32 heavy (non-hydrogen) atoms. The van der Waals surface area contributed by atoms with E-state index in [0.29, 0.717) is 17.5 Å². The zero-order chi connectivity index (χ0) is 22.5. The van der Waals surface area contributed by atoms with Gasteiger partial charge in [-0.1, -0.05) is 42.1 Å². The van der Waals surface area contributed by atoms with Crippen molar-refractivity contribution in [3.63, 3.8) is 0 Å². The largest absolute Gasteiger partial charge is 0.341 e. The van der Waals surface area contributed by atoms with Crippen molar-refractivity contribution in [2.75, 3.05) is 12.8 Å². The molecule has 2 heterocycles. The average Bonchev–Trinajstić information content (AvgIpc) is 3.23. The van der Waals surface area contributed by atoms with Crippen LogP contribution in [-0.2, 0) is 11.3 Å². The Morgan fingerprint density at radius 3 is 2.47 bits per heavy atom. The smallest absolute Gasteiger partial charge is 0.233 e. The van der Waals surface area contributed by atoms with Crippen LogP contribution in [0.4, 0.5) is 4.39 Å². The predicted molar refractivity (Wildman–Crippen MR) is 123 cm³/mol. The SMILES string of the molecule is Cc1ccccc1-n1c(SCC(=O)N(C)Cc2ccc(F)cc2)nnc1-c1ccncc1. The van der Waals surface area contributed by atoms with E-state index in [-0.39, 0.29) is 17.5 Å². The van der Waals surface area contributed by atoms with Gasteiger partial charge in [-0.3, -0.25) is 14.3 Å². The summed E-state index contributed by atoms with van der Waals surface area (Å²) in [6.07, 6.45) is 3.43. The van der Waals surface area contributed by atoms with Crippen molar-refractivity contribution in [2.45, 2.75) is 18.6 Å². The normalized spacial score (nSPS) is 10.8. The molecule has 0 spiro atoms. The van der Waals surface area contributed by atoms with Crippen LogP contribution in [0.3, 0.4) is 0 Å². The van der Waals surface area contributed by atoms with E-state index in [4.69, 9.17) is 0 Å². The summed E-state index contributed by atoms with van der Waals surface area (Å²) in [6, 6.07) is 17.9. The highest BCUT2D eigenvalue weighted by atomic mass is 32.2. The third kappa shape index (κ3) is 4.86. The zero-order valence-corrected chi connectivity index (χ0v) is 18.6. The highest BCUT2D eigenvalue weighted by Gasteiger charge is 2.19. The number of pyridine rings is 1. The zero-order valence-electron chi connectivity index (χ0n) is 17.8. The fraction of sp³-hybridized carbons (Fsp3) is 0.167. The molecule has 4 aromatic rings. The second-order valence-corrected chi connectivity index (χ2v) is 8.27. The van der Waals surface area contributed by atoms with Gasteiger partial charge in [-0.15, -0.1) is 10.2 Å². The monoisotopic (exact) mass is 447 g/mol. The Balaban J connectivity index is 1.56. The lowest BCUT2D eigenvalue weighted by Gasteiger charge is -2.17. The summed E-state index contributed by atoms with van der Waals surface area (Å²) in [7, 11) is 1.74. The lowest BCUT2D eigenvalue weighted by molar-refractivity contribution is -0.127. The van der Waals surface area contributed by atoms with Gasteiger partial charge < -0.3 is 4.90 Å². The van der Waals surface area contributed by atoms with E-state index < -0.39 is 0 Å². The van der Waals surface area contributed by atoms with Crippen LogP contribution in [-0.4, -0.2) is 43.4 Å². The van der Waals surface area contributed by atoms with Crippen LogP contribution in [0.2, 0.25) is 0 Å². The number of para-hydroxylation sites is 1. The van der Waals surface area contributed by atoms with Crippen LogP contribution < -0.4 is 0 Å². The summed E-state index contributed by atoms with van der Waals surface area (Å²) in [5.74, 6) is 0.553. The molecule has 0 saturated carbocycles. The van der Waals surface area contributed by atoms with Gasteiger partial charge in [0, 0.05) is 31.5 Å². The fourth-order valence-electron chi connectivity index (χ4n) is 3.27. The van der Waals surface area contributed by atoms with Crippen LogP contribution in [0, 0.1) is 12.7 Å². The Hall–Kier alpha value is -3.52. The van der Waals surface area contributed by atoms with Gasteiger partial charge in [0.1, 0.15) is 5.82 Å². The first-order valence-corrected chi connectivity index (χ1v) is 11.0. The molecule has 0 unspecified atom stereocenters. The number of hydrogen-bond acceptors (Lipinski definition) is 5. The second-order valence-electron chi connectivity index (χ2n) is 7.33. The number of amides is 1. The van der Waals surface area contributed by atoms with Crippen LogP contribution in [0.1, 0.15) is 11.1 Å². The quantitative estimate of drug-likeness (QED) is 0.390.